The third-order valence-corrected chi connectivity index (χ3v) is 5.79. The number of aliphatic hydroxyl groups is 1. The number of aromatic nitrogens is 4. The molecule has 1 N–H and O–H groups in total. The Kier molecular flexibility index (Phi) is 5.69. The Balaban J connectivity index is 1.58. The van der Waals surface area contributed by atoms with Crippen LogP contribution in [0.15, 0.2) is 67.4 Å². The van der Waals surface area contributed by atoms with Crippen molar-refractivity contribution in [2.75, 3.05) is 0 Å². The van der Waals surface area contributed by atoms with Crippen LogP contribution >= 0.6 is 0 Å². The van der Waals surface area contributed by atoms with E-state index in [0.717, 1.165) is 28.6 Å². The minimum absolute atomic E-state index is 0.000529. The van der Waals surface area contributed by atoms with E-state index in [2.05, 4.69) is 32.8 Å². The standard InChI is InChI=1S/C24H24F2N4O/c1-17(4-3-5-18-6-9-23-19(12-18)10-11-29(23)2)24(31,14-30-16-27-15-28-30)21-8-7-20(25)13-22(21)26/h3,5-13,15-17,31H,4,14H2,1-2H3/b5-3+/t17-,24+/m0/s1. The molecule has 2 atom stereocenters. The van der Waals surface area contributed by atoms with Crippen LogP contribution < -0.4 is 0 Å². The second kappa shape index (κ2) is 8.43. The Morgan fingerprint density at radius 2 is 2.00 bits per heavy atom. The van der Waals surface area contributed by atoms with Crippen molar-refractivity contribution in [2.45, 2.75) is 25.5 Å². The summed E-state index contributed by atoms with van der Waals surface area (Å²) < 4.78 is 31.6. The molecular weight excluding hydrogens is 398 g/mol. The van der Waals surface area contributed by atoms with Crippen molar-refractivity contribution in [3.63, 3.8) is 0 Å². The molecule has 0 unspecified atom stereocenters. The lowest BCUT2D eigenvalue weighted by Gasteiger charge is -2.34. The first-order valence-corrected chi connectivity index (χ1v) is 10.1. The average molecular weight is 422 g/mol. The molecule has 31 heavy (non-hydrogen) atoms. The van der Waals surface area contributed by atoms with E-state index in [0.29, 0.717) is 6.42 Å². The Morgan fingerprint density at radius 3 is 2.74 bits per heavy atom. The Hall–Kier alpha value is -3.32. The Bertz CT molecular complexity index is 1220. The summed E-state index contributed by atoms with van der Waals surface area (Å²) >= 11 is 0. The molecule has 4 aromatic rings. The van der Waals surface area contributed by atoms with Gasteiger partial charge >= 0.3 is 0 Å². The van der Waals surface area contributed by atoms with Crippen LogP contribution in [0.1, 0.15) is 24.5 Å². The van der Waals surface area contributed by atoms with Gasteiger partial charge in [0.2, 0.25) is 0 Å². The van der Waals surface area contributed by atoms with E-state index >= 15 is 0 Å². The number of nitrogens with zero attached hydrogens (tertiary/aromatic N) is 4. The lowest BCUT2D eigenvalue weighted by molar-refractivity contribution is -0.0379. The van der Waals surface area contributed by atoms with Crippen LogP contribution in [0.5, 0.6) is 0 Å². The highest BCUT2D eigenvalue weighted by molar-refractivity contribution is 5.82. The average Bonchev–Trinajstić information content (AvgIpc) is 3.37. The van der Waals surface area contributed by atoms with Crippen LogP contribution in [0, 0.1) is 17.6 Å². The van der Waals surface area contributed by atoms with E-state index in [4.69, 9.17) is 0 Å². The van der Waals surface area contributed by atoms with Gasteiger partial charge in [-0.1, -0.05) is 31.2 Å². The molecule has 4 rings (SSSR count). The van der Waals surface area contributed by atoms with Gasteiger partial charge in [-0.05, 0) is 42.2 Å². The Morgan fingerprint density at radius 1 is 1.16 bits per heavy atom. The zero-order valence-corrected chi connectivity index (χ0v) is 17.4. The van der Waals surface area contributed by atoms with Crippen LogP contribution in [-0.4, -0.2) is 24.4 Å². The van der Waals surface area contributed by atoms with E-state index in [-0.39, 0.29) is 18.0 Å². The highest BCUT2D eigenvalue weighted by Gasteiger charge is 2.38. The van der Waals surface area contributed by atoms with Gasteiger partial charge < -0.3 is 9.67 Å². The number of hydrogen-bond donors (Lipinski definition) is 1. The molecular formula is C24H24F2N4O. The van der Waals surface area contributed by atoms with Crippen molar-refractivity contribution in [1.82, 2.24) is 19.3 Å². The molecule has 5 nitrogen and oxygen atoms in total. The number of benzene rings is 2. The van der Waals surface area contributed by atoms with Crippen LogP contribution in [0.25, 0.3) is 17.0 Å². The first-order chi connectivity index (χ1) is 14.9. The molecule has 0 aliphatic rings. The van der Waals surface area contributed by atoms with E-state index in [1.165, 1.54) is 23.4 Å². The summed E-state index contributed by atoms with van der Waals surface area (Å²) in [5.41, 5.74) is 0.633. The molecule has 0 aliphatic carbocycles. The number of fused-ring (bicyclic) bond motifs is 1. The molecule has 160 valence electrons. The van der Waals surface area contributed by atoms with Gasteiger partial charge in [0.05, 0.1) is 6.54 Å². The van der Waals surface area contributed by atoms with Gasteiger partial charge in [0.1, 0.15) is 29.9 Å². The summed E-state index contributed by atoms with van der Waals surface area (Å²) in [6, 6.07) is 11.5. The second-order valence-corrected chi connectivity index (χ2v) is 7.93. The van der Waals surface area contributed by atoms with Crippen molar-refractivity contribution >= 4 is 17.0 Å². The Labute approximate surface area is 179 Å². The van der Waals surface area contributed by atoms with Crippen molar-refractivity contribution in [3.05, 3.63) is 90.2 Å². The quantitative estimate of drug-likeness (QED) is 0.471. The van der Waals surface area contributed by atoms with Gasteiger partial charge in [-0.15, -0.1) is 0 Å². The van der Waals surface area contributed by atoms with Gasteiger partial charge in [0.25, 0.3) is 0 Å². The van der Waals surface area contributed by atoms with Crippen LogP contribution in [0.3, 0.4) is 0 Å². The van der Waals surface area contributed by atoms with Gasteiger partial charge in [-0.25, -0.2) is 18.4 Å². The molecule has 2 heterocycles. The zero-order valence-electron chi connectivity index (χ0n) is 17.4. The van der Waals surface area contributed by atoms with Gasteiger partial charge in [-0.2, -0.15) is 5.10 Å². The lowest BCUT2D eigenvalue weighted by Crippen LogP contribution is -2.39. The normalized spacial score (nSPS) is 14.9. The summed E-state index contributed by atoms with van der Waals surface area (Å²) in [6.45, 7) is 1.84. The number of allylic oxidation sites excluding steroid dienone is 1. The van der Waals surface area contributed by atoms with Gasteiger partial charge in [0.15, 0.2) is 0 Å². The molecule has 0 bridgehead atoms. The predicted molar refractivity (Wildman–Crippen MR) is 116 cm³/mol. The van der Waals surface area contributed by atoms with E-state index in [1.54, 1.807) is 0 Å². The molecule has 0 saturated carbocycles. The smallest absolute Gasteiger partial charge is 0.137 e. The topological polar surface area (TPSA) is 55.9 Å². The number of hydrogen-bond acceptors (Lipinski definition) is 3. The van der Waals surface area contributed by atoms with Crippen molar-refractivity contribution in [3.8, 4) is 0 Å². The minimum Gasteiger partial charge on any atom is -0.383 e. The predicted octanol–water partition coefficient (Wildman–Crippen LogP) is 4.68. The lowest BCUT2D eigenvalue weighted by atomic mass is 9.80. The highest BCUT2D eigenvalue weighted by atomic mass is 19.1. The number of halogens is 2. The SMILES string of the molecule is C[C@@H](C/C=C/c1ccc2c(ccn2C)c1)[C@](O)(Cn1cncn1)c1ccc(F)cc1F. The maximum absolute atomic E-state index is 14.6. The molecule has 0 fully saturated rings. The first-order valence-electron chi connectivity index (χ1n) is 10.1. The highest BCUT2D eigenvalue weighted by Crippen LogP contribution is 2.36. The number of rotatable bonds is 7. The van der Waals surface area contributed by atoms with Crippen LogP contribution in [0.2, 0.25) is 0 Å². The molecule has 7 heteroatoms. The van der Waals surface area contributed by atoms with Crippen LogP contribution in [0.4, 0.5) is 8.78 Å². The van der Waals surface area contributed by atoms with Gasteiger partial charge in [0, 0.05) is 35.8 Å². The fourth-order valence-electron chi connectivity index (χ4n) is 3.92. The van der Waals surface area contributed by atoms with Gasteiger partial charge in [-0.3, -0.25) is 0 Å². The summed E-state index contributed by atoms with van der Waals surface area (Å²) in [4.78, 5) is 3.90. The van der Waals surface area contributed by atoms with Crippen LogP contribution in [-0.2, 0) is 19.2 Å². The van der Waals surface area contributed by atoms with E-state index in [1.807, 2.05) is 38.4 Å². The fraction of sp³-hybridized carbons (Fsp3) is 0.250. The van der Waals surface area contributed by atoms with Crippen molar-refractivity contribution in [1.29, 1.82) is 0 Å². The monoisotopic (exact) mass is 422 g/mol. The zero-order chi connectivity index (χ0) is 22.0. The molecule has 0 amide bonds. The third-order valence-electron chi connectivity index (χ3n) is 5.79. The maximum Gasteiger partial charge on any atom is 0.137 e. The number of aryl methyl sites for hydroxylation is 1. The molecule has 0 radical (unpaired) electrons. The van der Waals surface area contributed by atoms with Crippen molar-refractivity contribution in [2.24, 2.45) is 13.0 Å². The fourth-order valence-corrected chi connectivity index (χ4v) is 3.92. The molecule has 2 aromatic carbocycles. The summed E-state index contributed by atoms with van der Waals surface area (Å²) in [5, 5.41) is 16.7. The third kappa shape index (κ3) is 4.27. The first kappa shape index (κ1) is 20.9. The van der Waals surface area contributed by atoms with Crippen molar-refractivity contribution < 1.29 is 13.9 Å². The minimum atomic E-state index is -1.60. The molecule has 2 aromatic heterocycles. The van der Waals surface area contributed by atoms with E-state index < -0.39 is 17.2 Å². The molecule has 0 saturated heterocycles. The molecule has 0 spiro atoms. The largest absolute Gasteiger partial charge is 0.383 e. The van der Waals surface area contributed by atoms with E-state index in [9.17, 15) is 13.9 Å². The summed E-state index contributed by atoms with van der Waals surface area (Å²) in [7, 11) is 2.00. The second-order valence-electron chi connectivity index (χ2n) is 7.93. The summed E-state index contributed by atoms with van der Waals surface area (Å²) in [6.07, 6.45) is 9.26. The summed E-state index contributed by atoms with van der Waals surface area (Å²) in [5.74, 6) is -1.85. The maximum atomic E-state index is 14.6. The molecule has 0 aliphatic heterocycles.